The maximum Gasteiger partial charge on any atom is 0.286 e. The maximum atomic E-state index is 12.3. The maximum absolute atomic E-state index is 12.3. The first-order valence-corrected chi connectivity index (χ1v) is 10.3. The molecule has 6 heteroatoms. The van der Waals surface area contributed by atoms with Crippen LogP contribution in [0.1, 0.15) is 11.1 Å². The molecular formula is C22H24N3O2S+. The lowest BCUT2D eigenvalue weighted by molar-refractivity contribution is -0.883. The highest BCUT2D eigenvalue weighted by Gasteiger charge is 2.28. The molecule has 0 saturated carbocycles. The Labute approximate surface area is 169 Å². The van der Waals surface area contributed by atoms with E-state index in [0.29, 0.717) is 11.5 Å². The number of amidine groups is 1. The zero-order chi connectivity index (χ0) is 19.3. The van der Waals surface area contributed by atoms with E-state index >= 15 is 0 Å². The van der Waals surface area contributed by atoms with Gasteiger partial charge in [0.05, 0.1) is 38.1 Å². The molecule has 144 valence electrons. The minimum atomic E-state index is -0.143. The van der Waals surface area contributed by atoms with E-state index in [0.717, 1.165) is 48.2 Å². The second kappa shape index (κ2) is 8.63. The fourth-order valence-corrected chi connectivity index (χ4v) is 4.13. The van der Waals surface area contributed by atoms with Gasteiger partial charge in [-0.15, -0.1) is 0 Å². The topological polar surface area (TPSA) is 46.3 Å². The predicted octanol–water partition coefficient (Wildman–Crippen LogP) is 2.07. The molecule has 2 aromatic rings. The Balaban J connectivity index is 1.36. The summed E-state index contributed by atoms with van der Waals surface area (Å²) in [5.41, 5.74) is 2.11. The van der Waals surface area contributed by atoms with Gasteiger partial charge >= 0.3 is 0 Å². The first kappa shape index (κ1) is 18.8. The number of hydrogen-bond donors (Lipinski definition) is 1. The summed E-state index contributed by atoms with van der Waals surface area (Å²) in [6, 6.07) is 17.9. The number of ether oxygens (including phenoxy) is 1. The molecule has 0 unspecified atom stereocenters. The molecule has 2 heterocycles. The number of thioether (sulfide) groups is 1. The number of hydrogen-bond acceptors (Lipinski definition) is 4. The molecule has 0 radical (unpaired) electrons. The second-order valence-corrected chi connectivity index (χ2v) is 8.11. The van der Waals surface area contributed by atoms with Crippen molar-refractivity contribution in [1.82, 2.24) is 4.90 Å². The molecule has 0 aromatic heterocycles. The minimum absolute atomic E-state index is 0.143. The van der Waals surface area contributed by atoms with Crippen LogP contribution in [0.5, 0.6) is 5.75 Å². The van der Waals surface area contributed by atoms with Crippen LogP contribution in [0.2, 0.25) is 0 Å². The Bertz CT molecular complexity index is 886. The Morgan fingerprint density at radius 2 is 1.82 bits per heavy atom. The van der Waals surface area contributed by atoms with Gasteiger partial charge in [0, 0.05) is 0 Å². The first-order valence-electron chi connectivity index (χ1n) is 9.53. The standard InChI is InChI=1S/C22H23N3O2S/c1-24-11-13-25(14-12-24)22-23-21(26)20(28-22)15-17-7-9-19(10-8-17)27-16-18-5-3-2-4-6-18/h2-10,15H,11-14,16H2,1H3/p+1/b20-15+. The van der Waals surface area contributed by atoms with Crippen LogP contribution >= 0.6 is 11.8 Å². The van der Waals surface area contributed by atoms with E-state index in [4.69, 9.17) is 4.74 Å². The molecule has 4 rings (SSSR count). The van der Waals surface area contributed by atoms with E-state index in [1.807, 2.05) is 60.7 Å². The van der Waals surface area contributed by atoms with E-state index in [-0.39, 0.29) is 5.91 Å². The number of amides is 1. The molecule has 28 heavy (non-hydrogen) atoms. The molecule has 1 saturated heterocycles. The molecule has 0 bridgehead atoms. The highest BCUT2D eigenvalue weighted by molar-refractivity contribution is 8.18. The third kappa shape index (κ3) is 4.64. The Morgan fingerprint density at radius 3 is 2.54 bits per heavy atom. The van der Waals surface area contributed by atoms with Crippen molar-refractivity contribution >= 4 is 28.9 Å². The van der Waals surface area contributed by atoms with Crippen LogP contribution in [-0.4, -0.2) is 49.2 Å². The van der Waals surface area contributed by atoms with Gasteiger partial charge < -0.3 is 14.5 Å². The van der Waals surface area contributed by atoms with Gasteiger partial charge in [-0.2, -0.15) is 4.99 Å². The number of aliphatic imine (C=N–C) groups is 1. The zero-order valence-electron chi connectivity index (χ0n) is 15.9. The van der Waals surface area contributed by atoms with Gasteiger partial charge in [-0.3, -0.25) is 4.79 Å². The average Bonchev–Trinajstić information content (AvgIpc) is 3.09. The summed E-state index contributed by atoms with van der Waals surface area (Å²) < 4.78 is 5.82. The monoisotopic (exact) mass is 394 g/mol. The van der Waals surface area contributed by atoms with Gasteiger partial charge in [-0.1, -0.05) is 42.5 Å². The van der Waals surface area contributed by atoms with E-state index in [1.54, 1.807) is 0 Å². The fraction of sp³-hybridized carbons (Fsp3) is 0.273. The Hall–Kier alpha value is -2.57. The number of likely N-dealkylation sites (N-methyl/N-ethyl adjacent to an activating group) is 1. The molecule has 1 N–H and O–H groups in total. The summed E-state index contributed by atoms with van der Waals surface area (Å²) in [7, 11) is 2.20. The van der Waals surface area contributed by atoms with Crippen molar-refractivity contribution < 1.29 is 14.4 Å². The lowest BCUT2D eigenvalue weighted by Gasteiger charge is -2.30. The number of nitrogens with zero attached hydrogens (tertiary/aromatic N) is 2. The van der Waals surface area contributed by atoms with Crippen LogP contribution in [-0.2, 0) is 11.4 Å². The van der Waals surface area contributed by atoms with Gasteiger partial charge in [0.1, 0.15) is 12.4 Å². The van der Waals surface area contributed by atoms with E-state index in [9.17, 15) is 4.79 Å². The predicted molar refractivity (Wildman–Crippen MR) is 113 cm³/mol. The number of piperazine rings is 1. The van der Waals surface area contributed by atoms with Crippen molar-refractivity contribution in [2.24, 2.45) is 4.99 Å². The molecule has 0 spiro atoms. The van der Waals surface area contributed by atoms with Crippen LogP contribution in [0, 0.1) is 0 Å². The normalized spacial score (nSPS) is 19.2. The van der Waals surface area contributed by atoms with E-state index in [2.05, 4.69) is 16.9 Å². The molecule has 2 aliphatic rings. The van der Waals surface area contributed by atoms with Crippen molar-refractivity contribution in [3.63, 3.8) is 0 Å². The van der Waals surface area contributed by atoms with Gasteiger partial charge in [0.15, 0.2) is 5.17 Å². The average molecular weight is 395 g/mol. The largest absolute Gasteiger partial charge is 0.489 e. The van der Waals surface area contributed by atoms with Crippen molar-refractivity contribution in [2.75, 3.05) is 33.2 Å². The van der Waals surface area contributed by atoms with Crippen LogP contribution in [0.25, 0.3) is 6.08 Å². The smallest absolute Gasteiger partial charge is 0.286 e. The molecule has 2 aliphatic heterocycles. The Kier molecular flexibility index (Phi) is 5.78. The van der Waals surface area contributed by atoms with Crippen LogP contribution in [0.15, 0.2) is 64.5 Å². The first-order chi connectivity index (χ1) is 13.7. The lowest BCUT2D eigenvalue weighted by Crippen LogP contribution is -3.12. The highest BCUT2D eigenvalue weighted by Crippen LogP contribution is 2.30. The van der Waals surface area contributed by atoms with E-state index in [1.165, 1.54) is 16.7 Å². The molecule has 1 fully saturated rings. The van der Waals surface area contributed by atoms with Crippen molar-refractivity contribution in [3.8, 4) is 5.75 Å². The number of nitrogens with one attached hydrogen (secondary N) is 1. The second-order valence-electron chi connectivity index (χ2n) is 7.10. The summed E-state index contributed by atoms with van der Waals surface area (Å²) in [4.78, 5) is 21.0. The number of benzene rings is 2. The zero-order valence-corrected chi connectivity index (χ0v) is 16.7. The lowest BCUT2D eigenvalue weighted by atomic mass is 10.2. The fourth-order valence-electron chi connectivity index (χ4n) is 3.17. The molecule has 0 aliphatic carbocycles. The third-order valence-electron chi connectivity index (χ3n) is 4.92. The van der Waals surface area contributed by atoms with Crippen molar-refractivity contribution in [2.45, 2.75) is 6.61 Å². The SMILES string of the molecule is C[NH+]1CCN(C2=NC(=O)/C(=C\c3ccc(OCc4ccccc4)cc3)S2)CC1. The van der Waals surface area contributed by atoms with Crippen LogP contribution in [0.3, 0.4) is 0 Å². The summed E-state index contributed by atoms with van der Waals surface area (Å²) in [5.74, 6) is 0.670. The quantitative estimate of drug-likeness (QED) is 0.807. The van der Waals surface area contributed by atoms with Gasteiger partial charge in [0.25, 0.3) is 5.91 Å². The number of rotatable bonds is 4. The number of carbonyl (C=O) groups is 1. The minimum Gasteiger partial charge on any atom is -0.489 e. The van der Waals surface area contributed by atoms with Gasteiger partial charge in [-0.05, 0) is 41.1 Å². The van der Waals surface area contributed by atoms with Crippen LogP contribution in [0.4, 0.5) is 0 Å². The molecule has 0 atom stereocenters. The van der Waals surface area contributed by atoms with Crippen LogP contribution < -0.4 is 9.64 Å². The summed E-state index contributed by atoms with van der Waals surface area (Å²) in [6.07, 6.45) is 1.91. The molecule has 1 amide bonds. The molecular weight excluding hydrogens is 370 g/mol. The van der Waals surface area contributed by atoms with Gasteiger partial charge in [-0.25, -0.2) is 0 Å². The van der Waals surface area contributed by atoms with Gasteiger partial charge in [0.2, 0.25) is 0 Å². The third-order valence-corrected chi connectivity index (χ3v) is 5.97. The number of quaternary nitrogens is 1. The summed E-state index contributed by atoms with van der Waals surface area (Å²) in [6.45, 7) is 4.60. The number of carbonyl (C=O) groups excluding carboxylic acids is 1. The highest BCUT2D eigenvalue weighted by atomic mass is 32.2. The molecule has 5 nitrogen and oxygen atoms in total. The summed E-state index contributed by atoms with van der Waals surface area (Å²) >= 11 is 1.48. The van der Waals surface area contributed by atoms with Crippen molar-refractivity contribution in [3.05, 3.63) is 70.6 Å². The Morgan fingerprint density at radius 1 is 1.11 bits per heavy atom. The van der Waals surface area contributed by atoms with E-state index < -0.39 is 0 Å². The van der Waals surface area contributed by atoms with Crippen molar-refractivity contribution in [1.29, 1.82) is 0 Å². The summed E-state index contributed by atoms with van der Waals surface area (Å²) in [5, 5.41) is 0.839. The molecule has 2 aromatic carbocycles.